The van der Waals surface area contributed by atoms with Crippen LogP contribution < -0.4 is 0 Å². The Morgan fingerprint density at radius 1 is 1.06 bits per heavy atom. The minimum absolute atomic E-state index is 0.0111. The molecule has 4 rings (SSSR count). The van der Waals surface area contributed by atoms with Crippen molar-refractivity contribution < 1.29 is 33.2 Å². The second kappa shape index (κ2) is 9.20. The van der Waals surface area contributed by atoms with Gasteiger partial charge >= 0.3 is 0 Å². The standard InChI is InChI=1S/C21H20F3N3O4S/c1-10-2-4-12(5-3-10)32-21-20(30)18(19(29)16(9-28)31-21)27-8-15(25-26-27)11-6-13(22)17(24)14(23)7-11/h2-8,16,18-21,28-30H,9H2,1H3/t16?,18?,19-,20?,21+/m0/s1. The number of halogens is 3. The number of aliphatic hydroxyl groups excluding tert-OH is 3. The van der Waals surface area contributed by atoms with Crippen LogP contribution in [0.5, 0.6) is 0 Å². The molecule has 0 saturated carbocycles. The van der Waals surface area contributed by atoms with Gasteiger partial charge in [0.25, 0.3) is 0 Å². The smallest absolute Gasteiger partial charge is 0.194 e. The lowest BCUT2D eigenvalue weighted by Crippen LogP contribution is -2.55. The molecule has 0 amide bonds. The van der Waals surface area contributed by atoms with Crippen LogP contribution in [0, 0.1) is 24.4 Å². The van der Waals surface area contributed by atoms with Crippen LogP contribution >= 0.6 is 11.8 Å². The monoisotopic (exact) mass is 467 g/mol. The molecule has 2 heterocycles. The highest BCUT2D eigenvalue weighted by Crippen LogP contribution is 2.38. The first-order chi connectivity index (χ1) is 15.3. The summed E-state index contributed by atoms with van der Waals surface area (Å²) in [6.45, 7) is 1.43. The van der Waals surface area contributed by atoms with Gasteiger partial charge in [0.15, 0.2) is 17.5 Å². The van der Waals surface area contributed by atoms with E-state index >= 15 is 0 Å². The van der Waals surface area contributed by atoms with E-state index in [4.69, 9.17) is 4.74 Å². The normalized spacial score (nSPS) is 25.8. The maximum Gasteiger partial charge on any atom is 0.194 e. The first-order valence-electron chi connectivity index (χ1n) is 9.71. The number of aryl methyl sites for hydroxylation is 1. The molecule has 1 saturated heterocycles. The summed E-state index contributed by atoms with van der Waals surface area (Å²) in [6.07, 6.45) is -2.35. The van der Waals surface area contributed by atoms with Gasteiger partial charge < -0.3 is 20.1 Å². The van der Waals surface area contributed by atoms with Crippen LogP contribution in [0.25, 0.3) is 11.3 Å². The van der Waals surface area contributed by atoms with E-state index in [-0.39, 0.29) is 11.3 Å². The average molecular weight is 467 g/mol. The fraction of sp³-hybridized carbons (Fsp3) is 0.333. The third-order valence-corrected chi connectivity index (χ3v) is 6.38. The highest BCUT2D eigenvalue weighted by Gasteiger charge is 2.46. The van der Waals surface area contributed by atoms with Crippen LogP contribution in [-0.4, -0.2) is 60.7 Å². The maximum absolute atomic E-state index is 13.6. The summed E-state index contributed by atoms with van der Waals surface area (Å²) >= 11 is 1.21. The zero-order valence-corrected chi connectivity index (χ0v) is 17.6. The van der Waals surface area contributed by atoms with E-state index in [0.29, 0.717) is 0 Å². The van der Waals surface area contributed by atoms with Crippen LogP contribution in [-0.2, 0) is 4.74 Å². The van der Waals surface area contributed by atoms with Gasteiger partial charge in [-0.1, -0.05) is 34.7 Å². The van der Waals surface area contributed by atoms with Gasteiger partial charge in [0, 0.05) is 10.5 Å². The fourth-order valence-corrected chi connectivity index (χ4v) is 4.55. The number of aromatic nitrogens is 3. The molecule has 3 N–H and O–H groups in total. The third-order valence-electron chi connectivity index (χ3n) is 5.22. The second-order valence-electron chi connectivity index (χ2n) is 7.47. The van der Waals surface area contributed by atoms with Gasteiger partial charge in [0.1, 0.15) is 35.5 Å². The Hall–Kier alpha value is -2.44. The minimum Gasteiger partial charge on any atom is -0.394 e. The molecule has 0 bridgehead atoms. The number of hydrogen-bond acceptors (Lipinski definition) is 7. The summed E-state index contributed by atoms with van der Waals surface area (Å²) in [4.78, 5) is 0.808. The van der Waals surface area contributed by atoms with Crippen LogP contribution in [0.4, 0.5) is 13.2 Å². The Morgan fingerprint density at radius 3 is 2.34 bits per heavy atom. The second-order valence-corrected chi connectivity index (χ2v) is 8.64. The quantitative estimate of drug-likeness (QED) is 0.496. The van der Waals surface area contributed by atoms with Crippen molar-refractivity contribution >= 4 is 11.8 Å². The lowest BCUT2D eigenvalue weighted by molar-refractivity contribution is -0.178. The first kappa shape index (κ1) is 22.7. The van der Waals surface area contributed by atoms with Crippen LogP contribution in [0.3, 0.4) is 0 Å². The number of benzene rings is 2. The van der Waals surface area contributed by atoms with Crippen molar-refractivity contribution in [2.24, 2.45) is 0 Å². The van der Waals surface area contributed by atoms with Gasteiger partial charge in [-0.25, -0.2) is 17.9 Å². The SMILES string of the molecule is Cc1ccc(S[C@H]2OC(CO)[C@H](O)C(n3cc(-c4cc(F)c(F)c(F)c4)nn3)C2O)cc1. The molecule has 7 nitrogen and oxygen atoms in total. The molecule has 1 aliphatic rings. The number of rotatable bonds is 5. The van der Waals surface area contributed by atoms with Gasteiger partial charge in [-0.3, -0.25) is 0 Å². The summed E-state index contributed by atoms with van der Waals surface area (Å²) in [7, 11) is 0. The lowest BCUT2D eigenvalue weighted by Gasteiger charge is -2.41. The van der Waals surface area contributed by atoms with Crippen molar-refractivity contribution in [2.45, 2.75) is 41.6 Å². The van der Waals surface area contributed by atoms with Crippen LogP contribution in [0.15, 0.2) is 47.5 Å². The Labute approximate surface area is 185 Å². The van der Waals surface area contributed by atoms with Gasteiger partial charge in [0.05, 0.1) is 12.8 Å². The molecular weight excluding hydrogens is 447 g/mol. The average Bonchev–Trinajstić information content (AvgIpc) is 3.25. The molecule has 5 atom stereocenters. The van der Waals surface area contributed by atoms with Crippen molar-refractivity contribution in [1.82, 2.24) is 15.0 Å². The molecule has 0 spiro atoms. The number of nitrogens with zero attached hydrogens (tertiary/aromatic N) is 3. The molecule has 170 valence electrons. The van der Waals surface area contributed by atoms with E-state index in [1.807, 2.05) is 31.2 Å². The molecule has 2 aromatic carbocycles. The summed E-state index contributed by atoms with van der Waals surface area (Å²) in [5.41, 5.74) is 0.159. The van der Waals surface area contributed by atoms with Crippen molar-refractivity contribution in [1.29, 1.82) is 0 Å². The van der Waals surface area contributed by atoms with E-state index in [0.717, 1.165) is 27.3 Å². The lowest BCUT2D eigenvalue weighted by atomic mass is 9.97. The van der Waals surface area contributed by atoms with Crippen LogP contribution in [0.1, 0.15) is 11.6 Å². The van der Waals surface area contributed by atoms with Gasteiger partial charge in [0.2, 0.25) is 0 Å². The Kier molecular flexibility index (Phi) is 6.54. The largest absolute Gasteiger partial charge is 0.394 e. The molecule has 3 aromatic rings. The molecule has 1 aromatic heterocycles. The highest BCUT2D eigenvalue weighted by atomic mass is 32.2. The number of aliphatic hydroxyl groups is 3. The molecule has 0 radical (unpaired) electrons. The zero-order valence-electron chi connectivity index (χ0n) is 16.8. The first-order valence-corrected chi connectivity index (χ1v) is 10.6. The van der Waals surface area contributed by atoms with E-state index in [1.165, 1.54) is 18.0 Å². The summed E-state index contributed by atoms with van der Waals surface area (Å²) in [6, 6.07) is 7.99. The maximum atomic E-state index is 13.6. The zero-order chi connectivity index (χ0) is 23.0. The highest BCUT2D eigenvalue weighted by molar-refractivity contribution is 7.99. The minimum atomic E-state index is -1.60. The van der Waals surface area contributed by atoms with Gasteiger partial charge in [-0.2, -0.15) is 0 Å². The van der Waals surface area contributed by atoms with E-state index < -0.39 is 53.8 Å². The molecule has 32 heavy (non-hydrogen) atoms. The fourth-order valence-electron chi connectivity index (χ4n) is 3.49. The molecule has 11 heteroatoms. The van der Waals surface area contributed by atoms with Gasteiger partial charge in [-0.05, 0) is 31.2 Å². The van der Waals surface area contributed by atoms with Crippen molar-refractivity contribution in [2.75, 3.05) is 6.61 Å². The molecule has 0 aliphatic carbocycles. The number of thioether (sulfide) groups is 1. The summed E-state index contributed by atoms with van der Waals surface area (Å²) in [5.74, 6) is -4.36. The van der Waals surface area contributed by atoms with Crippen molar-refractivity contribution in [3.63, 3.8) is 0 Å². The topological polar surface area (TPSA) is 101 Å². The van der Waals surface area contributed by atoms with E-state index in [1.54, 1.807) is 0 Å². The van der Waals surface area contributed by atoms with E-state index in [2.05, 4.69) is 10.3 Å². The van der Waals surface area contributed by atoms with E-state index in [9.17, 15) is 28.5 Å². The summed E-state index contributed by atoms with van der Waals surface area (Å²) < 4.78 is 47.3. The molecule has 1 fully saturated rings. The Balaban J connectivity index is 1.63. The molecule has 1 aliphatic heterocycles. The van der Waals surface area contributed by atoms with Crippen LogP contribution in [0.2, 0.25) is 0 Å². The summed E-state index contributed by atoms with van der Waals surface area (Å²) in [5, 5.41) is 39.0. The van der Waals surface area contributed by atoms with Gasteiger partial charge in [-0.15, -0.1) is 5.10 Å². The third kappa shape index (κ3) is 4.39. The Bertz CT molecular complexity index is 1080. The predicted octanol–water partition coefficient (Wildman–Crippen LogP) is 2.44. The van der Waals surface area contributed by atoms with Crippen molar-refractivity contribution in [3.8, 4) is 11.3 Å². The molecule has 3 unspecified atom stereocenters. The number of hydrogen-bond donors (Lipinski definition) is 3. The number of ether oxygens (including phenoxy) is 1. The predicted molar refractivity (Wildman–Crippen MR) is 109 cm³/mol. The van der Waals surface area contributed by atoms with Crippen molar-refractivity contribution in [3.05, 3.63) is 65.6 Å². The Morgan fingerprint density at radius 2 is 1.72 bits per heavy atom. The molecular formula is C21H20F3N3O4S.